The summed E-state index contributed by atoms with van der Waals surface area (Å²) in [7, 11) is 0. The Morgan fingerprint density at radius 2 is 2.10 bits per heavy atom. The molecule has 1 aliphatic heterocycles. The normalized spacial score (nSPS) is 15.6. The van der Waals surface area contributed by atoms with E-state index < -0.39 is 0 Å². The summed E-state index contributed by atoms with van der Waals surface area (Å²) in [6.07, 6.45) is 1.69. The highest BCUT2D eigenvalue weighted by Crippen LogP contribution is 2.11. The lowest BCUT2D eigenvalue weighted by Gasteiger charge is -2.28. The molecule has 3 heterocycles. The first-order chi connectivity index (χ1) is 9.74. The Balaban J connectivity index is 1.80. The summed E-state index contributed by atoms with van der Waals surface area (Å²) in [6, 6.07) is 1.58. The van der Waals surface area contributed by atoms with Crippen LogP contribution in [0.25, 0.3) is 0 Å². The highest BCUT2D eigenvalue weighted by molar-refractivity contribution is 5.43. The van der Waals surface area contributed by atoms with Crippen LogP contribution in [0.4, 0.5) is 5.69 Å². The Labute approximate surface area is 114 Å². The average molecular weight is 277 g/mol. The van der Waals surface area contributed by atoms with Crippen LogP contribution in [0.2, 0.25) is 0 Å². The molecule has 8 nitrogen and oxygen atoms in total. The third-order valence-corrected chi connectivity index (χ3v) is 3.28. The molecule has 2 aromatic rings. The predicted octanol–water partition coefficient (Wildman–Crippen LogP) is -0.180. The van der Waals surface area contributed by atoms with Gasteiger partial charge in [0, 0.05) is 19.2 Å². The summed E-state index contributed by atoms with van der Waals surface area (Å²) >= 11 is 0. The molecule has 1 saturated heterocycles. The third kappa shape index (κ3) is 2.55. The van der Waals surface area contributed by atoms with E-state index in [0.29, 0.717) is 24.6 Å². The maximum absolute atomic E-state index is 12.1. The summed E-state index contributed by atoms with van der Waals surface area (Å²) in [5, 5.41) is 11.6. The van der Waals surface area contributed by atoms with Crippen LogP contribution in [0.1, 0.15) is 11.4 Å². The van der Waals surface area contributed by atoms with Crippen molar-refractivity contribution in [2.75, 3.05) is 31.2 Å². The molecule has 106 valence electrons. The first-order valence-corrected chi connectivity index (χ1v) is 6.42. The van der Waals surface area contributed by atoms with Gasteiger partial charge >= 0.3 is 0 Å². The molecule has 2 aromatic heterocycles. The maximum Gasteiger partial charge on any atom is 0.269 e. The highest BCUT2D eigenvalue weighted by Gasteiger charge is 2.13. The Bertz CT molecular complexity index is 645. The summed E-state index contributed by atoms with van der Waals surface area (Å²) in [6.45, 7) is 4.94. The van der Waals surface area contributed by atoms with Crippen molar-refractivity contribution in [1.82, 2.24) is 20.1 Å². The number of rotatable bonds is 3. The van der Waals surface area contributed by atoms with E-state index in [1.165, 1.54) is 4.68 Å². The van der Waals surface area contributed by atoms with Crippen molar-refractivity contribution in [3.63, 3.8) is 0 Å². The second kappa shape index (κ2) is 5.41. The molecule has 20 heavy (non-hydrogen) atoms. The van der Waals surface area contributed by atoms with Crippen LogP contribution in [0.5, 0.6) is 0 Å². The second-order valence-corrected chi connectivity index (χ2v) is 4.61. The summed E-state index contributed by atoms with van der Waals surface area (Å²) < 4.78 is 11.2. The molecule has 0 radical (unpaired) electrons. The molecule has 0 saturated carbocycles. The van der Waals surface area contributed by atoms with Gasteiger partial charge in [-0.05, 0) is 6.92 Å². The summed E-state index contributed by atoms with van der Waals surface area (Å²) in [5.74, 6) is 0. The average Bonchev–Trinajstić information content (AvgIpc) is 2.87. The molecule has 8 heteroatoms. The number of nitrogens with zero attached hydrogens (tertiary/aromatic N) is 5. The lowest BCUT2D eigenvalue weighted by molar-refractivity contribution is 0.122. The standard InChI is InChI=1S/C12H15N5O3/c1-9-11(15-20-14-9)8-17-12(18)6-10(7-13-17)16-2-4-19-5-3-16/h6-7H,2-5,8H2,1H3. The van der Waals surface area contributed by atoms with Crippen LogP contribution in [-0.2, 0) is 11.3 Å². The molecule has 0 amide bonds. The van der Waals surface area contributed by atoms with E-state index in [9.17, 15) is 4.79 Å². The van der Waals surface area contributed by atoms with Gasteiger partial charge in [-0.15, -0.1) is 0 Å². The first-order valence-electron chi connectivity index (χ1n) is 6.42. The molecule has 0 atom stereocenters. The summed E-state index contributed by atoms with van der Waals surface area (Å²) in [4.78, 5) is 14.2. The van der Waals surface area contributed by atoms with Crippen LogP contribution in [0.3, 0.4) is 0 Å². The van der Waals surface area contributed by atoms with E-state index in [1.807, 2.05) is 0 Å². The Morgan fingerprint density at radius 1 is 1.30 bits per heavy atom. The molecular formula is C12H15N5O3. The quantitative estimate of drug-likeness (QED) is 0.769. The van der Waals surface area contributed by atoms with E-state index in [-0.39, 0.29) is 12.1 Å². The molecule has 0 bridgehead atoms. The topological polar surface area (TPSA) is 86.3 Å². The molecule has 0 unspecified atom stereocenters. The fourth-order valence-electron chi connectivity index (χ4n) is 2.07. The lowest BCUT2D eigenvalue weighted by Crippen LogP contribution is -2.37. The van der Waals surface area contributed by atoms with Crippen LogP contribution < -0.4 is 10.5 Å². The van der Waals surface area contributed by atoms with Gasteiger partial charge < -0.3 is 9.64 Å². The molecule has 3 rings (SSSR count). The lowest BCUT2D eigenvalue weighted by atomic mass is 10.3. The van der Waals surface area contributed by atoms with Gasteiger partial charge in [0.15, 0.2) is 0 Å². The Kier molecular flexibility index (Phi) is 3.46. The van der Waals surface area contributed by atoms with Gasteiger partial charge in [0.2, 0.25) is 0 Å². The van der Waals surface area contributed by atoms with Gasteiger partial charge in [-0.2, -0.15) is 5.10 Å². The monoisotopic (exact) mass is 277 g/mol. The zero-order chi connectivity index (χ0) is 13.9. The van der Waals surface area contributed by atoms with Gasteiger partial charge in [-0.3, -0.25) is 4.79 Å². The number of morpholine rings is 1. The minimum atomic E-state index is -0.170. The molecule has 0 aliphatic carbocycles. The van der Waals surface area contributed by atoms with Gasteiger partial charge in [-0.1, -0.05) is 10.3 Å². The molecule has 0 aromatic carbocycles. The van der Waals surface area contributed by atoms with Crippen molar-refractivity contribution < 1.29 is 9.37 Å². The van der Waals surface area contributed by atoms with Gasteiger partial charge in [0.25, 0.3) is 5.56 Å². The van der Waals surface area contributed by atoms with Crippen LogP contribution in [-0.4, -0.2) is 46.4 Å². The van der Waals surface area contributed by atoms with Crippen LogP contribution in [0.15, 0.2) is 21.7 Å². The Morgan fingerprint density at radius 3 is 2.75 bits per heavy atom. The van der Waals surface area contributed by atoms with Gasteiger partial charge in [0.1, 0.15) is 11.4 Å². The predicted molar refractivity (Wildman–Crippen MR) is 69.7 cm³/mol. The molecular weight excluding hydrogens is 262 g/mol. The number of aryl methyl sites for hydroxylation is 1. The van der Waals surface area contributed by atoms with Crippen molar-refractivity contribution in [3.05, 3.63) is 34.0 Å². The highest BCUT2D eigenvalue weighted by atomic mass is 16.6. The number of anilines is 1. The van der Waals surface area contributed by atoms with Crippen molar-refractivity contribution in [2.45, 2.75) is 13.5 Å². The largest absolute Gasteiger partial charge is 0.378 e. The number of ether oxygens (including phenoxy) is 1. The molecule has 1 aliphatic rings. The fraction of sp³-hybridized carbons (Fsp3) is 0.500. The first kappa shape index (κ1) is 12.8. The molecule has 1 fully saturated rings. The van der Waals surface area contributed by atoms with E-state index in [1.54, 1.807) is 19.2 Å². The Hall–Kier alpha value is -2.22. The van der Waals surface area contributed by atoms with Crippen molar-refractivity contribution in [2.24, 2.45) is 0 Å². The van der Waals surface area contributed by atoms with Gasteiger partial charge in [-0.25, -0.2) is 9.31 Å². The minimum Gasteiger partial charge on any atom is -0.378 e. The molecule has 0 N–H and O–H groups in total. The van der Waals surface area contributed by atoms with Crippen molar-refractivity contribution >= 4 is 5.69 Å². The zero-order valence-electron chi connectivity index (χ0n) is 11.2. The maximum atomic E-state index is 12.1. The van der Waals surface area contributed by atoms with Crippen molar-refractivity contribution in [1.29, 1.82) is 0 Å². The van der Waals surface area contributed by atoms with Gasteiger partial charge in [0.05, 0.1) is 31.6 Å². The van der Waals surface area contributed by atoms with E-state index in [4.69, 9.17) is 4.74 Å². The van der Waals surface area contributed by atoms with E-state index in [0.717, 1.165) is 18.8 Å². The number of hydrogen-bond acceptors (Lipinski definition) is 7. The van der Waals surface area contributed by atoms with E-state index >= 15 is 0 Å². The van der Waals surface area contributed by atoms with Crippen LogP contribution in [0, 0.1) is 6.92 Å². The molecule has 0 spiro atoms. The zero-order valence-corrected chi connectivity index (χ0v) is 11.2. The third-order valence-electron chi connectivity index (χ3n) is 3.28. The number of hydrogen-bond donors (Lipinski definition) is 0. The summed E-state index contributed by atoms with van der Waals surface area (Å²) in [5.41, 5.74) is 1.93. The smallest absolute Gasteiger partial charge is 0.269 e. The number of aromatic nitrogens is 4. The van der Waals surface area contributed by atoms with E-state index in [2.05, 4.69) is 24.9 Å². The SMILES string of the molecule is Cc1nonc1Cn1ncc(N2CCOCC2)cc1=O. The van der Waals surface area contributed by atoms with Crippen LogP contribution >= 0.6 is 0 Å². The fourth-order valence-corrected chi connectivity index (χ4v) is 2.07. The minimum absolute atomic E-state index is 0.170. The van der Waals surface area contributed by atoms with Crippen molar-refractivity contribution in [3.8, 4) is 0 Å². The second-order valence-electron chi connectivity index (χ2n) is 4.61.